The fraction of sp³-hybridized carbons (Fsp3) is 0. The monoisotopic (exact) mass is 364 g/mol. The van der Waals surface area contributed by atoms with Crippen molar-refractivity contribution in [1.29, 1.82) is 0 Å². The summed E-state index contributed by atoms with van der Waals surface area (Å²) in [5.74, 6) is 0. The fourth-order valence-electron chi connectivity index (χ4n) is 2.23. The predicted molar refractivity (Wildman–Crippen MR) is 99.2 cm³/mol. The summed E-state index contributed by atoms with van der Waals surface area (Å²) in [6, 6.07) is 23.1. The third kappa shape index (κ3) is 4.51. The van der Waals surface area contributed by atoms with Gasteiger partial charge in [0.25, 0.3) is 0 Å². The minimum Gasteiger partial charge on any atom is -0.426 e. The van der Waals surface area contributed by atoms with Crippen molar-refractivity contribution in [1.82, 2.24) is 0 Å². The van der Waals surface area contributed by atoms with E-state index in [0.717, 1.165) is 16.4 Å². The molecular weight excluding hydrogens is 353 g/mol. The summed E-state index contributed by atoms with van der Waals surface area (Å²) in [6.07, 6.45) is 0. The van der Waals surface area contributed by atoms with Crippen molar-refractivity contribution in [3.8, 4) is 11.1 Å². The molecule has 114 valence electrons. The second kappa shape index (κ2) is 8.86. The van der Waals surface area contributed by atoms with Gasteiger partial charge in [-0.2, -0.15) is 5.30 Å². The second-order valence-electron chi connectivity index (χ2n) is 4.93. The minimum absolute atomic E-state index is 0. The molecule has 0 aliphatic carbocycles. The first-order valence-corrected chi connectivity index (χ1v) is 8.66. The largest absolute Gasteiger partial charge is 1.00 e. The van der Waals surface area contributed by atoms with Crippen LogP contribution in [0.2, 0.25) is 10.0 Å². The summed E-state index contributed by atoms with van der Waals surface area (Å²) in [6.45, 7) is 0. The summed E-state index contributed by atoms with van der Waals surface area (Å²) in [5.41, 5.74) is 2.54. The molecule has 0 N–H and O–H groups in total. The van der Waals surface area contributed by atoms with Crippen molar-refractivity contribution in [3.63, 3.8) is 0 Å². The van der Waals surface area contributed by atoms with Crippen LogP contribution in [0.15, 0.2) is 72.8 Å². The molecule has 3 aromatic carbocycles. The van der Waals surface area contributed by atoms with Crippen LogP contribution < -0.4 is 24.2 Å². The van der Waals surface area contributed by atoms with Crippen LogP contribution in [0.5, 0.6) is 0 Å². The Morgan fingerprint density at radius 2 is 1.25 bits per heavy atom. The van der Waals surface area contributed by atoms with E-state index >= 15 is 0 Å². The molecule has 24 heavy (non-hydrogen) atoms. The van der Waals surface area contributed by atoms with Gasteiger partial charge in [0.2, 0.25) is 0 Å². The molecule has 0 saturated carbocycles. The average molecular weight is 365 g/mol. The third-order valence-corrected chi connectivity index (χ3v) is 4.99. The third-order valence-electron chi connectivity index (χ3n) is 3.38. The van der Waals surface area contributed by atoms with Gasteiger partial charge in [-0.1, -0.05) is 83.9 Å². The molecule has 0 aliphatic rings. The minimum atomic E-state index is -0.104. The molecule has 0 amide bonds. The molecule has 0 fully saturated rings. The summed E-state index contributed by atoms with van der Waals surface area (Å²) in [7, 11) is 0.558. The predicted octanol–water partition coefficient (Wildman–Crippen LogP) is 3.08. The Labute approximate surface area is 165 Å². The smallest absolute Gasteiger partial charge is 0.426 e. The van der Waals surface area contributed by atoms with E-state index in [1.165, 1.54) is 0 Å². The van der Waals surface area contributed by atoms with Crippen LogP contribution in [-0.2, 0) is 0 Å². The van der Waals surface area contributed by atoms with Crippen LogP contribution in [0.4, 0.5) is 0 Å². The first kappa shape index (κ1) is 19.3. The number of hydrogen-bond donors (Lipinski definition) is 0. The van der Waals surface area contributed by atoms with Gasteiger partial charge in [0.15, 0.2) is 0 Å². The number of halogens is 2. The van der Waals surface area contributed by atoms with Crippen molar-refractivity contribution in [2.45, 2.75) is 0 Å². The van der Waals surface area contributed by atoms with E-state index in [0.29, 0.717) is 24.2 Å². The molecule has 0 atom stereocenters. The van der Waals surface area contributed by atoms with Crippen molar-refractivity contribution in [3.05, 3.63) is 88.4 Å². The fourth-order valence-corrected chi connectivity index (χ4v) is 3.82. The van der Waals surface area contributed by atoms with Crippen molar-refractivity contribution in [2.24, 2.45) is 0 Å². The Bertz CT molecular complexity index is 815. The van der Waals surface area contributed by atoms with Gasteiger partial charge in [0, 0.05) is 11.1 Å². The van der Waals surface area contributed by atoms with E-state index in [4.69, 9.17) is 23.2 Å². The molecule has 0 radical (unpaired) electrons. The van der Waals surface area contributed by atoms with E-state index < -0.39 is 0 Å². The maximum absolute atomic E-state index is 12.4. The molecular formula is C19H12Cl2LiOP. The van der Waals surface area contributed by atoms with Crippen LogP contribution >= 0.6 is 31.8 Å². The van der Waals surface area contributed by atoms with Crippen molar-refractivity contribution in [2.75, 3.05) is 0 Å². The summed E-state index contributed by atoms with van der Waals surface area (Å²) in [5, 5.41) is 1.68. The summed E-state index contributed by atoms with van der Waals surface area (Å²) >= 11 is 12.2. The Balaban J connectivity index is 0.00000208. The van der Waals surface area contributed by atoms with Gasteiger partial charge < -0.3 is 13.4 Å². The quantitative estimate of drug-likeness (QED) is 0.513. The average Bonchev–Trinajstić information content (AvgIpc) is 2.56. The van der Waals surface area contributed by atoms with E-state index in [1.807, 2.05) is 42.5 Å². The number of benzene rings is 3. The Hall–Kier alpha value is -1.06. The Morgan fingerprint density at radius 1 is 0.708 bits per heavy atom. The zero-order valence-corrected chi connectivity index (χ0v) is 15.4. The maximum Gasteiger partial charge on any atom is 1.00 e. The molecule has 3 aromatic rings. The number of carbonyl (C=O) groups excluding carboxylic acids is 1. The van der Waals surface area contributed by atoms with Crippen LogP contribution in [0.25, 0.3) is 11.1 Å². The van der Waals surface area contributed by atoms with Gasteiger partial charge in [0.1, 0.15) is 0 Å². The molecule has 0 bridgehead atoms. The standard InChI is InChI=1S/C19H12Cl2OP.Li/c20-16-7-4-8-17(21)18(16)19(22)23-15-11-9-14(10-12-15)13-5-2-1-3-6-13;/h1-12H;/q-1;+1. The molecule has 0 aromatic heterocycles. The summed E-state index contributed by atoms with van der Waals surface area (Å²) < 4.78 is 0. The first-order valence-electron chi connectivity index (χ1n) is 7.01. The van der Waals surface area contributed by atoms with Crippen LogP contribution in [0.1, 0.15) is 10.4 Å². The van der Waals surface area contributed by atoms with E-state index in [9.17, 15) is 4.79 Å². The van der Waals surface area contributed by atoms with Gasteiger partial charge in [-0.05, 0) is 23.3 Å². The molecule has 0 unspecified atom stereocenters. The van der Waals surface area contributed by atoms with Crippen LogP contribution in [0, 0.1) is 0 Å². The Kier molecular flexibility index (Phi) is 7.12. The Morgan fingerprint density at radius 3 is 1.83 bits per heavy atom. The van der Waals surface area contributed by atoms with Gasteiger partial charge in [-0.3, -0.25) is 0 Å². The zero-order chi connectivity index (χ0) is 16.2. The number of rotatable bonds is 4. The van der Waals surface area contributed by atoms with Crippen molar-refractivity contribution >= 4 is 42.6 Å². The number of hydrogen-bond acceptors (Lipinski definition) is 1. The normalized spacial score (nSPS) is 10.6. The van der Waals surface area contributed by atoms with Gasteiger partial charge >= 0.3 is 18.9 Å². The number of carbonyl (C=O) groups is 1. The topological polar surface area (TPSA) is 17.1 Å². The van der Waals surface area contributed by atoms with E-state index in [2.05, 4.69) is 12.1 Å². The van der Waals surface area contributed by atoms with Gasteiger partial charge in [-0.15, -0.1) is 0 Å². The van der Waals surface area contributed by atoms with E-state index in [1.54, 1.807) is 18.2 Å². The first-order chi connectivity index (χ1) is 11.1. The van der Waals surface area contributed by atoms with Gasteiger partial charge in [0.05, 0.1) is 10.0 Å². The van der Waals surface area contributed by atoms with Crippen molar-refractivity contribution < 1.29 is 23.7 Å². The molecule has 5 heteroatoms. The van der Waals surface area contributed by atoms with Crippen LogP contribution in [0.3, 0.4) is 0 Å². The summed E-state index contributed by atoms with van der Waals surface area (Å²) in [4.78, 5) is 12.4. The molecule has 0 aliphatic heterocycles. The molecule has 1 nitrogen and oxygen atoms in total. The molecule has 0 saturated heterocycles. The zero-order valence-electron chi connectivity index (χ0n) is 13.0. The van der Waals surface area contributed by atoms with Crippen LogP contribution in [-0.4, -0.2) is 5.52 Å². The maximum atomic E-state index is 12.4. The molecule has 0 spiro atoms. The molecule has 0 heterocycles. The van der Waals surface area contributed by atoms with E-state index in [-0.39, 0.29) is 24.4 Å². The molecule has 3 rings (SSSR count). The second-order valence-corrected chi connectivity index (χ2v) is 6.89. The van der Waals surface area contributed by atoms with Gasteiger partial charge in [-0.25, -0.2) is 0 Å². The SMILES string of the molecule is O=C([P-]c1ccc(-c2ccccc2)cc1)c1c(Cl)cccc1Cl.[Li+].